The van der Waals surface area contributed by atoms with E-state index in [0.29, 0.717) is 0 Å². The number of hydrogen-bond acceptors (Lipinski definition) is 1. The average molecular weight is 147 g/mol. The molecule has 55 valence electrons. The second kappa shape index (κ2) is 2.98. The highest BCUT2D eigenvalue weighted by molar-refractivity contribution is 4.35. The first-order valence-electron chi connectivity index (χ1n) is 1.92. The summed E-state index contributed by atoms with van der Waals surface area (Å²) >= 11 is 0. The van der Waals surface area contributed by atoms with Gasteiger partial charge in [0.15, 0.2) is 0 Å². The van der Waals surface area contributed by atoms with Crippen LogP contribution in [0.3, 0.4) is 0 Å². The van der Waals surface area contributed by atoms with Crippen molar-refractivity contribution in [3.05, 3.63) is 0 Å². The molecule has 0 fully saturated rings. The van der Waals surface area contributed by atoms with Gasteiger partial charge in [-0.15, -0.1) is 13.2 Å². The lowest BCUT2D eigenvalue weighted by Gasteiger charge is -2.07. The van der Waals surface area contributed by atoms with Crippen molar-refractivity contribution >= 4 is 0 Å². The summed E-state index contributed by atoms with van der Waals surface area (Å²) in [6.45, 7) is -1.54. The van der Waals surface area contributed by atoms with E-state index in [1.165, 1.54) is 0 Å². The maximum Gasteiger partial charge on any atom is 0.525 e. The van der Waals surface area contributed by atoms with Gasteiger partial charge >= 0.3 is 6.36 Å². The van der Waals surface area contributed by atoms with Gasteiger partial charge in [-0.25, -0.2) is 9.50 Å². The highest BCUT2D eigenvalue weighted by atomic mass is 19.4. The van der Waals surface area contributed by atoms with Crippen LogP contribution in [0.4, 0.5) is 17.6 Å². The average Bonchev–Trinajstić information content (AvgIpc) is 1.62. The Hall–Kier alpha value is -0.360. The predicted octanol–water partition coefficient (Wildman–Crippen LogP) is 1.25. The molecule has 0 aliphatic heterocycles. The zero-order valence-corrected chi connectivity index (χ0v) is 4.11. The third kappa shape index (κ3) is 5.51. The normalized spacial score (nSPS) is 15.7. The summed E-state index contributed by atoms with van der Waals surface area (Å²) in [6, 6.07) is 0. The fourth-order valence-electron chi connectivity index (χ4n) is 0.179. The fraction of sp³-hybridized carbons (Fsp3) is 1.00. The van der Waals surface area contributed by atoms with Gasteiger partial charge in [0.25, 0.3) is 0 Å². The summed E-state index contributed by atoms with van der Waals surface area (Å²) in [6.07, 6.45) is -7.84. The number of hydrogen-bond donors (Lipinski definition) is 0. The molecule has 0 aliphatic carbocycles. The van der Waals surface area contributed by atoms with Crippen LogP contribution in [0.25, 0.3) is 0 Å². The maximum absolute atomic E-state index is 11.4. The van der Waals surface area contributed by atoms with Crippen LogP contribution in [0.2, 0.25) is 0 Å². The molecule has 0 aromatic rings. The molecule has 0 N–H and O–H groups in total. The van der Waals surface area contributed by atoms with E-state index in [0.717, 1.165) is 0 Å². The molecule has 0 rings (SSSR count). The molecule has 0 aliphatic rings. The second-order valence-electron chi connectivity index (χ2n) is 1.14. The monoisotopic (exact) mass is 147 g/mol. The molecule has 6 heteroatoms. The first kappa shape index (κ1) is 8.64. The van der Waals surface area contributed by atoms with E-state index in [4.69, 9.17) is 0 Å². The summed E-state index contributed by atoms with van der Waals surface area (Å²) in [7, 11) is 0. The van der Waals surface area contributed by atoms with Crippen LogP contribution in [0, 0.1) is 0 Å². The van der Waals surface area contributed by atoms with E-state index in [1.807, 2.05) is 0 Å². The van der Waals surface area contributed by atoms with Crippen LogP contribution in [0.15, 0.2) is 0 Å². The van der Waals surface area contributed by atoms with Gasteiger partial charge in [0.1, 0.15) is 6.61 Å². The molecule has 1 atom stereocenters. The SMILES string of the molecule is [O]CC(F)OC(F)(F)F. The Bertz CT molecular complexity index is 80.4. The maximum atomic E-state index is 11.4. The van der Waals surface area contributed by atoms with Gasteiger partial charge in [-0.2, -0.15) is 0 Å². The van der Waals surface area contributed by atoms with Crippen molar-refractivity contribution in [3.63, 3.8) is 0 Å². The summed E-state index contributed by atoms with van der Waals surface area (Å²) in [5.41, 5.74) is 0. The lowest BCUT2D eigenvalue weighted by molar-refractivity contribution is -0.365. The third-order valence-electron chi connectivity index (χ3n) is 0.393. The Morgan fingerprint density at radius 2 is 1.89 bits per heavy atom. The van der Waals surface area contributed by atoms with Crippen molar-refractivity contribution in [2.24, 2.45) is 0 Å². The Morgan fingerprint density at radius 3 is 2.00 bits per heavy atom. The summed E-state index contributed by atoms with van der Waals surface area (Å²) < 4.78 is 46.7. The van der Waals surface area contributed by atoms with E-state index in [1.54, 1.807) is 0 Å². The smallest absolute Gasteiger partial charge is 0.254 e. The van der Waals surface area contributed by atoms with E-state index >= 15 is 0 Å². The van der Waals surface area contributed by atoms with Crippen molar-refractivity contribution in [2.45, 2.75) is 12.7 Å². The van der Waals surface area contributed by atoms with Crippen molar-refractivity contribution in [1.82, 2.24) is 0 Å². The first-order valence-corrected chi connectivity index (χ1v) is 1.92. The standard InChI is InChI=1S/C3H3F4O2/c4-2(1-8)9-3(5,6)7/h2H,1H2. The van der Waals surface area contributed by atoms with Gasteiger partial charge in [-0.05, 0) is 0 Å². The van der Waals surface area contributed by atoms with Gasteiger partial charge in [0.2, 0.25) is 6.36 Å². The lowest BCUT2D eigenvalue weighted by Crippen LogP contribution is -2.22. The van der Waals surface area contributed by atoms with E-state index in [9.17, 15) is 22.7 Å². The third-order valence-corrected chi connectivity index (χ3v) is 0.393. The topological polar surface area (TPSA) is 29.1 Å². The zero-order chi connectivity index (χ0) is 7.49. The van der Waals surface area contributed by atoms with Crippen molar-refractivity contribution in [2.75, 3.05) is 6.61 Å². The highest BCUT2D eigenvalue weighted by Crippen LogP contribution is 2.18. The number of alkyl halides is 4. The molecule has 0 aromatic carbocycles. The lowest BCUT2D eigenvalue weighted by atomic mass is 10.7. The van der Waals surface area contributed by atoms with Gasteiger partial charge in [0, 0.05) is 0 Å². The molecule has 0 amide bonds. The molecule has 1 unspecified atom stereocenters. The van der Waals surface area contributed by atoms with Gasteiger partial charge in [-0.1, -0.05) is 0 Å². The largest absolute Gasteiger partial charge is 0.525 e. The van der Waals surface area contributed by atoms with E-state index in [-0.39, 0.29) is 0 Å². The molecular formula is C3H3F4O2. The zero-order valence-electron chi connectivity index (χ0n) is 4.11. The Labute approximate surface area is 48.0 Å². The van der Waals surface area contributed by atoms with Gasteiger partial charge in [-0.3, -0.25) is 4.74 Å². The van der Waals surface area contributed by atoms with Crippen LogP contribution in [-0.2, 0) is 9.84 Å². The number of rotatable bonds is 2. The van der Waals surface area contributed by atoms with E-state index < -0.39 is 19.3 Å². The first-order chi connectivity index (χ1) is 3.95. The summed E-state index contributed by atoms with van der Waals surface area (Å²) in [4.78, 5) is 0. The quantitative estimate of drug-likeness (QED) is 0.540. The number of halogens is 4. The van der Waals surface area contributed by atoms with Gasteiger partial charge in [0.05, 0.1) is 0 Å². The number of ether oxygens (including phenoxy) is 1. The molecule has 0 bridgehead atoms. The highest BCUT2D eigenvalue weighted by Gasteiger charge is 2.33. The molecule has 1 radical (unpaired) electrons. The minimum Gasteiger partial charge on any atom is -0.254 e. The van der Waals surface area contributed by atoms with Crippen molar-refractivity contribution < 1.29 is 27.4 Å². The van der Waals surface area contributed by atoms with E-state index in [2.05, 4.69) is 4.74 Å². The molecule has 0 heterocycles. The molecule has 0 saturated carbocycles. The molecule has 0 saturated heterocycles. The minimum atomic E-state index is -5.05. The Balaban J connectivity index is 3.47. The van der Waals surface area contributed by atoms with Crippen LogP contribution >= 0.6 is 0 Å². The Morgan fingerprint density at radius 1 is 1.44 bits per heavy atom. The predicted molar refractivity (Wildman–Crippen MR) is 17.6 cm³/mol. The van der Waals surface area contributed by atoms with Crippen LogP contribution < -0.4 is 0 Å². The molecule has 9 heavy (non-hydrogen) atoms. The van der Waals surface area contributed by atoms with Crippen LogP contribution in [0.1, 0.15) is 0 Å². The summed E-state index contributed by atoms with van der Waals surface area (Å²) in [5, 5.41) is 9.31. The summed E-state index contributed by atoms with van der Waals surface area (Å²) in [5.74, 6) is 0. The molecular weight excluding hydrogens is 144 g/mol. The molecule has 0 aromatic heterocycles. The Kier molecular flexibility index (Phi) is 2.86. The van der Waals surface area contributed by atoms with Gasteiger partial charge < -0.3 is 0 Å². The fourth-order valence-corrected chi connectivity index (χ4v) is 0.179. The second-order valence-corrected chi connectivity index (χ2v) is 1.14. The molecule has 2 nitrogen and oxygen atoms in total. The van der Waals surface area contributed by atoms with Crippen LogP contribution in [0.5, 0.6) is 0 Å². The molecule has 0 spiro atoms. The van der Waals surface area contributed by atoms with Crippen molar-refractivity contribution in [3.8, 4) is 0 Å². The van der Waals surface area contributed by atoms with Crippen LogP contribution in [-0.4, -0.2) is 19.3 Å². The van der Waals surface area contributed by atoms with Crippen molar-refractivity contribution in [1.29, 1.82) is 0 Å². The minimum absolute atomic E-state index is 1.54.